The number of nitrogens with one attached hydrogen (secondary N) is 1. The lowest BCUT2D eigenvalue weighted by Crippen LogP contribution is -2.51. The molecule has 0 atom stereocenters. The summed E-state index contributed by atoms with van der Waals surface area (Å²) in [6.45, 7) is 0.562. The summed E-state index contributed by atoms with van der Waals surface area (Å²) in [4.78, 5) is 13.3. The van der Waals surface area contributed by atoms with Gasteiger partial charge in [0.15, 0.2) is 0 Å². The average Bonchev–Trinajstić information content (AvgIpc) is 2.85. The molecule has 0 radical (unpaired) electrons. The zero-order chi connectivity index (χ0) is 13.0. The Hall–Kier alpha value is -0.710. The number of benzene rings is 1. The minimum atomic E-state index is -0.626. The van der Waals surface area contributed by atoms with Crippen molar-refractivity contribution in [2.75, 3.05) is 6.26 Å². The zero-order valence-electron chi connectivity index (χ0n) is 11.1. The van der Waals surface area contributed by atoms with Crippen molar-refractivity contribution >= 4 is 30.1 Å². The number of hydrogen-bond donors (Lipinski definition) is 2. The number of nitrogens with two attached hydrogens (primary N) is 1. The maximum atomic E-state index is 12.0. The van der Waals surface area contributed by atoms with E-state index in [4.69, 9.17) is 5.73 Å². The summed E-state index contributed by atoms with van der Waals surface area (Å²) >= 11 is 1.71. The lowest BCUT2D eigenvalue weighted by molar-refractivity contribution is -0.126. The molecule has 3 nitrogen and oxygen atoms in total. The SMILES string of the molecule is CSc1ccc(CNC(=O)C2(N)CCCC2)cc1.Cl. The number of hydrogen-bond acceptors (Lipinski definition) is 3. The van der Waals surface area contributed by atoms with Crippen LogP contribution in [0.4, 0.5) is 0 Å². The van der Waals surface area contributed by atoms with E-state index in [-0.39, 0.29) is 18.3 Å². The molecule has 19 heavy (non-hydrogen) atoms. The van der Waals surface area contributed by atoms with E-state index in [9.17, 15) is 4.79 Å². The number of carbonyl (C=O) groups excluding carboxylic acids is 1. The molecule has 0 aliphatic heterocycles. The summed E-state index contributed by atoms with van der Waals surface area (Å²) in [5.41, 5.74) is 6.58. The second-order valence-electron chi connectivity index (χ2n) is 4.89. The van der Waals surface area contributed by atoms with Gasteiger partial charge in [0.25, 0.3) is 0 Å². The molecule has 1 aliphatic rings. The molecule has 1 fully saturated rings. The normalized spacial score (nSPS) is 16.7. The molecular formula is C14H21ClN2OS. The van der Waals surface area contributed by atoms with E-state index in [2.05, 4.69) is 23.7 Å². The first-order valence-corrected chi connectivity index (χ1v) is 7.57. The molecule has 1 saturated carbocycles. The van der Waals surface area contributed by atoms with Gasteiger partial charge in [-0.1, -0.05) is 25.0 Å². The number of thioether (sulfide) groups is 1. The summed E-state index contributed by atoms with van der Waals surface area (Å²) < 4.78 is 0. The highest BCUT2D eigenvalue weighted by molar-refractivity contribution is 7.98. The van der Waals surface area contributed by atoms with Crippen LogP contribution in [-0.4, -0.2) is 17.7 Å². The van der Waals surface area contributed by atoms with Crippen LogP contribution in [0.2, 0.25) is 0 Å². The molecule has 2 rings (SSSR count). The lowest BCUT2D eigenvalue weighted by Gasteiger charge is -2.22. The van der Waals surface area contributed by atoms with Crippen molar-refractivity contribution in [2.45, 2.75) is 42.7 Å². The Balaban J connectivity index is 0.00000180. The minimum Gasteiger partial charge on any atom is -0.350 e. The van der Waals surface area contributed by atoms with E-state index in [1.54, 1.807) is 11.8 Å². The highest BCUT2D eigenvalue weighted by atomic mass is 35.5. The highest BCUT2D eigenvalue weighted by Crippen LogP contribution is 2.27. The third kappa shape index (κ3) is 4.13. The van der Waals surface area contributed by atoms with Gasteiger partial charge in [-0.05, 0) is 36.8 Å². The average molecular weight is 301 g/mol. The Morgan fingerprint density at radius 1 is 1.32 bits per heavy atom. The second kappa shape index (κ2) is 7.17. The molecule has 1 amide bonds. The summed E-state index contributed by atoms with van der Waals surface area (Å²) in [6, 6.07) is 8.23. The van der Waals surface area contributed by atoms with Crippen LogP contribution < -0.4 is 11.1 Å². The Kier molecular flexibility index (Phi) is 6.17. The van der Waals surface area contributed by atoms with E-state index in [0.717, 1.165) is 31.2 Å². The largest absolute Gasteiger partial charge is 0.350 e. The fourth-order valence-electron chi connectivity index (χ4n) is 2.33. The number of amides is 1. The molecule has 1 aromatic carbocycles. The first kappa shape index (κ1) is 16.3. The molecule has 1 aliphatic carbocycles. The van der Waals surface area contributed by atoms with Crippen LogP contribution in [0.1, 0.15) is 31.2 Å². The summed E-state index contributed by atoms with van der Waals surface area (Å²) in [6.07, 6.45) is 5.79. The number of halogens is 1. The van der Waals surface area contributed by atoms with Gasteiger partial charge in [-0.25, -0.2) is 0 Å². The summed E-state index contributed by atoms with van der Waals surface area (Å²) in [5.74, 6) is -0.00561. The van der Waals surface area contributed by atoms with E-state index < -0.39 is 5.54 Å². The van der Waals surface area contributed by atoms with Gasteiger partial charge in [-0.3, -0.25) is 4.79 Å². The summed E-state index contributed by atoms with van der Waals surface area (Å²) in [7, 11) is 0. The molecule has 5 heteroatoms. The third-order valence-corrected chi connectivity index (χ3v) is 4.30. The van der Waals surface area contributed by atoms with Crippen LogP contribution in [-0.2, 0) is 11.3 Å². The third-order valence-electron chi connectivity index (χ3n) is 3.56. The first-order chi connectivity index (χ1) is 8.64. The molecular weight excluding hydrogens is 280 g/mol. The highest BCUT2D eigenvalue weighted by Gasteiger charge is 2.36. The molecule has 0 aromatic heterocycles. The van der Waals surface area contributed by atoms with Gasteiger partial charge in [-0.2, -0.15) is 0 Å². The Labute approximate surface area is 125 Å². The van der Waals surface area contributed by atoms with Crippen molar-refractivity contribution in [3.8, 4) is 0 Å². The number of carbonyl (C=O) groups is 1. The van der Waals surface area contributed by atoms with Crippen molar-refractivity contribution in [2.24, 2.45) is 5.73 Å². The van der Waals surface area contributed by atoms with Crippen molar-refractivity contribution < 1.29 is 4.79 Å². The van der Waals surface area contributed by atoms with Crippen molar-refractivity contribution in [1.82, 2.24) is 5.32 Å². The fourth-order valence-corrected chi connectivity index (χ4v) is 2.74. The lowest BCUT2D eigenvalue weighted by atomic mass is 9.98. The van der Waals surface area contributed by atoms with Gasteiger partial charge >= 0.3 is 0 Å². The molecule has 0 heterocycles. The van der Waals surface area contributed by atoms with Crippen molar-refractivity contribution in [3.63, 3.8) is 0 Å². The Morgan fingerprint density at radius 2 is 1.89 bits per heavy atom. The van der Waals surface area contributed by atoms with Gasteiger partial charge in [-0.15, -0.1) is 24.2 Å². The quantitative estimate of drug-likeness (QED) is 0.841. The van der Waals surface area contributed by atoms with E-state index >= 15 is 0 Å². The predicted octanol–water partition coefficient (Wildman–Crippen LogP) is 2.72. The molecule has 0 bridgehead atoms. The predicted molar refractivity (Wildman–Crippen MR) is 82.7 cm³/mol. The molecule has 3 N–H and O–H groups in total. The molecule has 106 valence electrons. The van der Waals surface area contributed by atoms with Gasteiger partial charge in [0.05, 0.1) is 5.54 Å². The molecule has 0 unspecified atom stereocenters. The topological polar surface area (TPSA) is 55.1 Å². The van der Waals surface area contributed by atoms with Gasteiger partial charge in [0.1, 0.15) is 0 Å². The maximum Gasteiger partial charge on any atom is 0.240 e. The van der Waals surface area contributed by atoms with Crippen LogP contribution in [0, 0.1) is 0 Å². The standard InChI is InChI=1S/C14H20N2OS.ClH/c1-18-12-6-4-11(5-7-12)10-16-13(17)14(15)8-2-3-9-14;/h4-7H,2-3,8-10,15H2,1H3,(H,16,17);1H. The van der Waals surface area contributed by atoms with Crippen LogP contribution in [0.5, 0.6) is 0 Å². The molecule has 1 aromatic rings. The summed E-state index contributed by atoms with van der Waals surface area (Å²) in [5, 5.41) is 2.95. The van der Waals surface area contributed by atoms with Crippen LogP contribution in [0.3, 0.4) is 0 Å². The fraction of sp³-hybridized carbons (Fsp3) is 0.500. The van der Waals surface area contributed by atoms with Crippen LogP contribution in [0.15, 0.2) is 29.2 Å². The molecule has 0 saturated heterocycles. The number of rotatable bonds is 4. The Morgan fingerprint density at radius 3 is 2.42 bits per heavy atom. The monoisotopic (exact) mass is 300 g/mol. The van der Waals surface area contributed by atoms with Gasteiger partial charge in [0, 0.05) is 11.4 Å². The van der Waals surface area contributed by atoms with E-state index in [1.165, 1.54) is 4.90 Å². The van der Waals surface area contributed by atoms with Crippen LogP contribution in [0.25, 0.3) is 0 Å². The Bertz CT molecular complexity index is 416. The smallest absolute Gasteiger partial charge is 0.240 e. The van der Waals surface area contributed by atoms with Crippen molar-refractivity contribution in [3.05, 3.63) is 29.8 Å². The van der Waals surface area contributed by atoms with E-state index in [1.807, 2.05) is 12.1 Å². The van der Waals surface area contributed by atoms with Gasteiger partial charge < -0.3 is 11.1 Å². The second-order valence-corrected chi connectivity index (χ2v) is 5.77. The first-order valence-electron chi connectivity index (χ1n) is 6.34. The molecule has 0 spiro atoms. The maximum absolute atomic E-state index is 12.0. The van der Waals surface area contributed by atoms with Crippen molar-refractivity contribution in [1.29, 1.82) is 0 Å². The minimum absolute atomic E-state index is 0. The van der Waals surface area contributed by atoms with E-state index in [0.29, 0.717) is 6.54 Å². The van der Waals surface area contributed by atoms with Crippen LogP contribution >= 0.6 is 24.2 Å². The zero-order valence-corrected chi connectivity index (χ0v) is 12.8. The van der Waals surface area contributed by atoms with Gasteiger partial charge in [0.2, 0.25) is 5.91 Å².